The molecule has 0 spiro atoms. The van der Waals surface area contributed by atoms with Gasteiger partial charge in [-0.25, -0.2) is 0 Å². The minimum Gasteiger partial charge on any atom is -0.180 e. The highest BCUT2D eigenvalue weighted by Gasteiger charge is 2.85. The van der Waals surface area contributed by atoms with Crippen LogP contribution in [0.3, 0.4) is 0 Å². The maximum atomic E-state index is 12.1. The molecule has 0 unspecified atom stereocenters. The normalized spacial score (nSPS) is 17.2. The first kappa shape index (κ1) is 16.5. The van der Waals surface area contributed by atoms with Gasteiger partial charge in [0.05, 0.1) is 0 Å². The predicted octanol–water partition coefficient (Wildman–Crippen LogP) is 4.87. The van der Waals surface area contributed by atoms with Crippen molar-refractivity contribution < 1.29 is 51.7 Å². The van der Waals surface area contributed by atoms with Gasteiger partial charge >= 0.3 is 22.9 Å². The monoisotopic (exact) mass is 308 g/mol. The minimum atomic E-state index is -8.67. The van der Waals surface area contributed by atoms with Gasteiger partial charge in [-0.1, -0.05) is 0 Å². The van der Waals surface area contributed by atoms with Gasteiger partial charge in [-0.05, 0) is 0 Å². The van der Waals surface area contributed by atoms with E-state index in [1.165, 1.54) is 0 Å². The van der Waals surface area contributed by atoms with Crippen molar-refractivity contribution in [2.45, 2.75) is 22.9 Å². The molecule has 0 aromatic heterocycles. The van der Waals surface area contributed by atoms with Crippen molar-refractivity contribution in [1.29, 1.82) is 0 Å². The number of rotatable bonds is 2. The van der Waals surface area contributed by atoms with Crippen LogP contribution in [-0.2, 0) is 0 Å². The quantitative estimate of drug-likeness (QED) is 0.638. The summed E-state index contributed by atoms with van der Waals surface area (Å²) >= 11 is 0. The van der Waals surface area contributed by atoms with Crippen molar-refractivity contribution in [3.05, 3.63) is 0 Å². The summed E-state index contributed by atoms with van der Waals surface area (Å²) in [5.41, 5.74) is 0. The lowest BCUT2D eigenvalue weighted by atomic mass is 10.7. The largest absolute Gasteiger partial charge is 0.467 e. The highest BCUT2D eigenvalue weighted by atomic mass is 32.3. The average Bonchev–Trinajstić information content (AvgIpc) is 1.98. The van der Waals surface area contributed by atoms with Crippen LogP contribution in [-0.4, -0.2) is 22.9 Å². The SMILES string of the molecule is FC(F)(F)C(F)(F)S(F)(F)C(F)(F)C(F)(F)F. The number of halogens is 12. The molecule has 0 rings (SSSR count). The van der Waals surface area contributed by atoms with Crippen LogP contribution in [0.4, 0.5) is 51.7 Å². The summed E-state index contributed by atoms with van der Waals surface area (Å²) in [6.07, 6.45) is -14.4. The van der Waals surface area contributed by atoms with E-state index in [1.54, 1.807) is 0 Å². The number of alkyl halides is 10. The summed E-state index contributed by atoms with van der Waals surface area (Å²) in [5, 5.41) is -14.9. The second-order valence-electron chi connectivity index (χ2n) is 2.50. The summed E-state index contributed by atoms with van der Waals surface area (Å²) < 4.78 is 140. The van der Waals surface area contributed by atoms with Crippen LogP contribution in [0.25, 0.3) is 0 Å². The Labute approximate surface area is 86.5 Å². The third-order valence-corrected chi connectivity index (χ3v) is 3.05. The lowest BCUT2D eigenvalue weighted by molar-refractivity contribution is -0.265. The second-order valence-corrected chi connectivity index (χ2v) is 4.46. The van der Waals surface area contributed by atoms with E-state index >= 15 is 0 Å². The molecule has 0 N–H and O–H groups in total. The van der Waals surface area contributed by atoms with Crippen molar-refractivity contribution in [1.82, 2.24) is 0 Å². The van der Waals surface area contributed by atoms with Gasteiger partial charge < -0.3 is 0 Å². The van der Waals surface area contributed by atoms with Crippen molar-refractivity contribution in [3.8, 4) is 0 Å². The van der Waals surface area contributed by atoms with E-state index < -0.39 is 33.7 Å². The van der Waals surface area contributed by atoms with Gasteiger partial charge in [0.1, 0.15) is 0 Å². The van der Waals surface area contributed by atoms with E-state index in [2.05, 4.69) is 0 Å². The molecule has 0 aromatic carbocycles. The number of hydrogen-bond donors (Lipinski definition) is 0. The lowest BCUT2D eigenvalue weighted by Gasteiger charge is -2.36. The molecule has 0 aromatic rings. The molecule has 17 heavy (non-hydrogen) atoms. The maximum absolute atomic E-state index is 12.1. The lowest BCUT2D eigenvalue weighted by Crippen LogP contribution is -2.49. The summed E-state index contributed by atoms with van der Waals surface area (Å²) in [6, 6.07) is 0. The first-order valence-electron chi connectivity index (χ1n) is 3.11. The predicted molar refractivity (Wildman–Crippen MR) is 31.8 cm³/mol. The van der Waals surface area contributed by atoms with Gasteiger partial charge in [-0.3, -0.25) is 0 Å². The average molecular weight is 308 g/mol. The van der Waals surface area contributed by atoms with Crippen LogP contribution >= 0.6 is 10.8 Å². The fourth-order valence-electron chi connectivity index (χ4n) is 0.452. The van der Waals surface area contributed by atoms with Crippen LogP contribution in [0.2, 0.25) is 0 Å². The highest BCUT2D eigenvalue weighted by molar-refractivity contribution is 8.27. The molecular weight excluding hydrogens is 308 g/mol. The highest BCUT2D eigenvalue weighted by Crippen LogP contribution is 2.79. The third kappa shape index (κ3) is 2.25. The van der Waals surface area contributed by atoms with E-state index in [1.807, 2.05) is 0 Å². The van der Waals surface area contributed by atoms with Gasteiger partial charge in [0, 0.05) is 0 Å². The van der Waals surface area contributed by atoms with Gasteiger partial charge in [0.15, 0.2) is 0 Å². The maximum Gasteiger partial charge on any atom is 0.467 e. The van der Waals surface area contributed by atoms with Crippen molar-refractivity contribution >= 4 is 10.8 Å². The Hall–Kier alpha value is -0.490. The Morgan fingerprint density at radius 3 is 0.765 bits per heavy atom. The van der Waals surface area contributed by atoms with E-state index in [-0.39, 0.29) is 0 Å². The Morgan fingerprint density at radius 1 is 0.471 bits per heavy atom. The molecule has 0 atom stereocenters. The smallest absolute Gasteiger partial charge is 0.180 e. The van der Waals surface area contributed by atoms with E-state index in [0.29, 0.717) is 0 Å². The summed E-state index contributed by atoms with van der Waals surface area (Å²) in [5.74, 6) is 0. The van der Waals surface area contributed by atoms with Crippen molar-refractivity contribution in [2.24, 2.45) is 0 Å². The van der Waals surface area contributed by atoms with Gasteiger partial charge in [0.2, 0.25) is 10.8 Å². The Kier molecular flexibility index (Phi) is 3.64. The standard InChI is InChI=1S/C4F12S/c5-1(6,7)3(11,12)17(15,16)4(13,14)2(8,9)10. The molecule has 0 saturated heterocycles. The van der Waals surface area contributed by atoms with Crippen molar-refractivity contribution in [3.63, 3.8) is 0 Å². The van der Waals surface area contributed by atoms with Crippen LogP contribution < -0.4 is 0 Å². The molecule has 0 nitrogen and oxygen atoms in total. The van der Waals surface area contributed by atoms with Crippen LogP contribution in [0.5, 0.6) is 0 Å². The van der Waals surface area contributed by atoms with Crippen LogP contribution in [0.1, 0.15) is 0 Å². The molecule has 0 aliphatic rings. The van der Waals surface area contributed by atoms with Crippen LogP contribution in [0, 0.1) is 0 Å². The topological polar surface area (TPSA) is 0 Å². The second kappa shape index (κ2) is 3.75. The molecule has 13 heteroatoms. The first-order chi connectivity index (χ1) is 7.00. The van der Waals surface area contributed by atoms with Crippen LogP contribution in [0.15, 0.2) is 0 Å². The summed E-state index contributed by atoms with van der Waals surface area (Å²) in [7, 11) is -8.67. The molecule has 0 amide bonds. The van der Waals surface area contributed by atoms with Gasteiger partial charge in [0.25, 0.3) is 0 Å². The zero-order valence-electron chi connectivity index (χ0n) is 6.94. The zero-order valence-corrected chi connectivity index (χ0v) is 7.76. The summed E-state index contributed by atoms with van der Waals surface area (Å²) in [6.45, 7) is 0. The number of hydrogen-bond acceptors (Lipinski definition) is 0. The fourth-order valence-corrected chi connectivity index (χ4v) is 1.36. The molecule has 0 aliphatic heterocycles. The molecule has 0 aliphatic carbocycles. The molecule has 0 fully saturated rings. The van der Waals surface area contributed by atoms with E-state index in [0.717, 1.165) is 0 Å². The Morgan fingerprint density at radius 2 is 0.647 bits per heavy atom. The van der Waals surface area contributed by atoms with E-state index in [4.69, 9.17) is 0 Å². The molecule has 0 saturated carbocycles. The minimum absolute atomic E-state index is 7.22. The van der Waals surface area contributed by atoms with E-state index in [9.17, 15) is 51.7 Å². The van der Waals surface area contributed by atoms with Crippen molar-refractivity contribution in [2.75, 3.05) is 0 Å². The first-order valence-corrected chi connectivity index (χ1v) is 4.54. The summed E-state index contributed by atoms with van der Waals surface area (Å²) in [4.78, 5) is 0. The molecular formula is C4F12S. The zero-order chi connectivity index (χ0) is 14.5. The fraction of sp³-hybridized carbons (Fsp3) is 1.00. The molecule has 0 heterocycles. The van der Waals surface area contributed by atoms with Gasteiger partial charge in [-0.2, -0.15) is 43.9 Å². The Bertz CT molecular complexity index is 254. The van der Waals surface area contributed by atoms with Gasteiger partial charge in [-0.15, -0.1) is 7.77 Å². The molecule has 106 valence electrons. The molecule has 0 radical (unpaired) electrons. The molecule has 0 bridgehead atoms. The third-order valence-electron chi connectivity index (χ3n) is 1.30. The Balaban J connectivity index is 5.73.